The third-order valence-corrected chi connectivity index (χ3v) is 6.46. The Balaban J connectivity index is 1.94. The fraction of sp³-hybridized carbons (Fsp3) is 0.500. The molecule has 4 heterocycles. The van der Waals surface area contributed by atoms with Crippen molar-refractivity contribution in [1.82, 2.24) is 9.47 Å². The molecular formula is C22H26N2O2. The normalized spacial score (nSPS) is 29.3. The van der Waals surface area contributed by atoms with Crippen LogP contribution in [0.4, 0.5) is 0 Å². The van der Waals surface area contributed by atoms with Crippen LogP contribution in [0.2, 0.25) is 0 Å². The molecule has 3 aliphatic heterocycles. The summed E-state index contributed by atoms with van der Waals surface area (Å²) >= 11 is 0. The van der Waals surface area contributed by atoms with Crippen LogP contribution in [-0.4, -0.2) is 35.1 Å². The molecule has 3 aliphatic rings. The van der Waals surface area contributed by atoms with Crippen LogP contribution >= 0.6 is 0 Å². The average Bonchev–Trinajstić information content (AvgIpc) is 3.10. The molecule has 136 valence electrons. The van der Waals surface area contributed by atoms with Crippen molar-refractivity contribution >= 4 is 22.6 Å². The van der Waals surface area contributed by atoms with Gasteiger partial charge in [-0.15, -0.1) is 0 Å². The molecule has 1 saturated heterocycles. The van der Waals surface area contributed by atoms with Gasteiger partial charge >= 0.3 is 5.97 Å². The minimum atomic E-state index is -0.432. The van der Waals surface area contributed by atoms with E-state index in [1.54, 1.807) is 11.5 Å². The van der Waals surface area contributed by atoms with Crippen molar-refractivity contribution < 1.29 is 15.0 Å². The number of ether oxygens (including phenoxy) is 1. The van der Waals surface area contributed by atoms with Crippen LogP contribution in [0.3, 0.4) is 0 Å². The highest BCUT2D eigenvalue weighted by atomic mass is 16.5. The Morgan fingerprint density at radius 2 is 2.19 bits per heavy atom. The Kier molecular flexibility index (Phi) is 2.71. The Morgan fingerprint density at radius 1 is 1.35 bits per heavy atom. The summed E-state index contributed by atoms with van der Waals surface area (Å²) in [6.45, 7) is 6.04. The number of hydrogen-bond acceptors (Lipinski definition) is 3. The van der Waals surface area contributed by atoms with Crippen LogP contribution in [0.25, 0.3) is 16.6 Å². The molecule has 0 spiro atoms. The topological polar surface area (TPSA) is 34.5 Å². The van der Waals surface area contributed by atoms with Crippen molar-refractivity contribution in [2.24, 2.45) is 5.41 Å². The van der Waals surface area contributed by atoms with Gasteiger partial charge in [0.15, 0.2) is 0 Å². The van der Waals surface area contributed by atoms with Crippen LogP contribution in [0.15, 0.2) is 30.2 Å². The van der Waals surface area contributed by atoms with Gasteiger partial charge in [0.1, 0.15) is 5.70 Å². The van der Waals surface area contributed by atoms with E-state index in [9.17, 15) is 4.79 Å². The summed E-state index contributed by atoms with van der Waals surface area (Å²) in [5.74, 6) is -0.432. The van der Waals surface area contributed by atoms with E-state index in [-0.39, 0.29) is 42.2 Å². The van der Waals surface area contributed by atoms with Crippen LogP contribution in [0, 0.1) is 5.41 Å². The first-order valence-electron chi connectivity index (χ1n) is 11.6. The first kappa shape index (κ1) is 12.3. The highest BCUT2D eigenvalue weighted by Gasteiger charge is 2.51. The van der Waals surface area contributed by atoms with Gasteiger partial charge in [0.05, 0.1) is 23.6 Å². The maximum atomic E-state index is 13.1. The monoisotopic (exact) mass is 354 g/mol. The summed E-state index contributed by atoms with van der Waals surface area (Å²) in [5.41, 5.74) is 2.54. The lowest BCUT2D eigenvalue weighted by molar-refractivity contribution is -0.136. The van der Waals surface area contributed by atoms with Crippen molar-refractivity contribution in [1.29, 1.82) is 0 Å². The molecule has 26 heavy (non-hydrogen) atoms. The summed E-state index contributed by atoms with van der Waals surface area (Å²) in [4.78, 5) is 15.5. The van der Waals surface area contributed by atoms with Gasteiger partial charge in [-0.3, -0.25) is 4.90 Å². The molecular weight excluding hydrogens is 324 g/mol. The molecule has 0 bridgehead atoms. The lowest BCUT2D eigenvalue weighted by Gasteiger charge is -2.53. The minimum absolute atomic E-state index is 0.0162. The Morgan fingerprint density at radius 3 is 3.00 bits per heavy atom. The largest absolute Gasteiger partial charge is 0.461 e. The van der Waals surface area contributed by atoms with Gasteiger partial charge in [-0.1, -0.05) is 25.1 Å². The molecule has 5 rings (SSSR count). The zero-order valence-electron chi connectivity index (χ0n) is 19.3. The van der Waals surface area contributed by atoms with Crippen molar-refractivity contribution in [2.75, 3.05) is 19.7 Å². The zero-order chi connectivity index (χ0) is 21.4. The number of benzene rings is 1. The third kappa shape index (κ3) is 1.96. The van der Waals surface area contributed by atoms with Crippen LogP contribution in [0.1, 0.15) is 55.9 Å². The van der Waals surface area contributed by atoms with Gasteiger partial charge in [-0.25, -0.2) is 4.79 Å². The summed E-state index contributed by atoms with van der Waals surface area (Å²) in [7, 11) is 0. The fourth-order valence-corrected chi connectivity index (χ4v) is 5.36. The van der Waals surface area contributed by atoms with E-state index in [2.05, 4.69) is 11.8 Å². The number of carbonyl (C=O) groups is 1. The van der Waals surface area contributed by atoms with Crippen LogP contribution in [0.5, 0.6) is 0 Å². The number of aromatic nitrogens is 1. The first-order chi connectivity index (χ1) is 14.4. The molecule has 4 nitrogen and oxygen atoms in total. The van der Waals surface area contributed by atoms with E-state index in [1.165, 1.54) is 0 Å². The SMILES string of the molecule is [2H]c1c([2H])c([2H])c2c(c1[2H])c1c3n2C(C(=O)OCC)=C[C@@]2(CC)CCCN(CC1)[C@H]32. The zero-order valence-corrected chi connectivity index (χ0v) is 15.3. The van der Waals surface area contributed by atoms with Gasteiger partial charge in [0.2, 0.25) is 0 Å². The van der Waals surface area contributed by atoms with Gasteiger partial charge in [0, 0.05) is 23.0 Å². The second-order valence-electron chi connectivity index (χ2n) is 7.55. The molecule has 0 aliphatic carbocycles. The maximum absolute atomic E-state index is 13.1. The molecule has 1 aromatic carbocycles. The van der Waals surface area contributed by atoms with Crippen molar-refractivity contribution in [3.05, 3.63) is 41.5 Å². The Bertz CT molecular complexity index is 1120. The number of hydrogen-bond donors (Lipinski definition) is 0. The quantitative estimate of drug-likeness (QED) is 0.777. The van der Waals surface area contributed by atoms with Crippen LogP contribution < -0.4 is 0 Å². The predicted octanol–water partition coefficient (Wildman–Crippen LogP) is 4.15. The molecule has 1 fully saturated rings. The predicted molar refractivity (Wildman–Crippen MR) is 103 cm³/mol. The molecule has 0 N–H and O–H groups in total. The molecule has 2 aromatic rings. The Hall–Kier alpha value is -2.07. The number of esters is 1. The summed E-state index contributed by atoms with van der Waals surface area (Å²) in [6.07, 6.45) is 5.68. The van der Waals surface area contributed by atoms with Gasteiger partial charge < -0.3 is 9.30 Å². The van der Waals surface area contributed by atoms with E-state index in [1.807, 2.05) is 6.08 Å². The van der Waals surface area contributed by atoms with Crippen LogP contribution in [-0.2, 0) is 16.0 Å². The first-order valence-corrected chi connectivity index (χ1v) is 9.64. The lowest BCUT2D eigenvalue weighted by Crippen LogP contribution is -2.51. The van der Waals surface area contributed by atoms with E-state index < -0.39 is 5.97 Å². The van der Waals surface area contributed by atoms with Gasteiger partial charge in [0.25, 0.3) is 0 Å². The highest BCUT2D eigenvalue weighted by molar-refractivity contribution is 6.13. The van der Waals surface area contributed by atoms with Gasteiger partial charge in [-0.2, -0.15) is 0 Å². The number of fused-ring (bicyclic) bond motifs is 3. The van der Waals surface area contributed by atoms with Gasteiger partial charge in [-0.05, 0) is 56.8 Å². The second kappa shape index (κ2) is 5.71. The summed E-state index contributed by atoms with van der Waals surface area (Å²) < 4.78 is 40.8. The smallest absolute Gasteiger partial charge is 0.354 e. The van der Waals surface area contributed by atoms with Crippen molar-refractivity contribution in [2.45, 2.75) is 45.6 Å². The highest BCUT2D eigenvalue weighted by Crippen LogP contribution is 2.57. The molecule has 1 aromatic heterocycles. The van der Waals surface area contributed by atoms with E-state index >= 15 is 0 Å². The second-order valence-corrected chi connectivity index (χ2v) is 7.55. The number of nitrogens with zero attached hydrogens (tertiary/aromatic N) is 2. The standard InChI is InChI=1S/C22H26N2O2/c1-3-22-11-7-12-23-13-10-16-15-8-5-6-9-17(15)24(19(16)20(22)23)18(14-22)21(25)26-4-2/h5-6,8-9,14,20H,3-4,7,10-13H2,1-2H3/t20-,22-/m1/s1/i5D,6D,8D,9D. The number of para-hydroxylation sites is 1. The van der Waals surface area contributed by atoms with E-state index in [0.717, 1.165) is 43.6 Å². The number of rotatable bonds is 3. The maximum Gasteiger partial charge on any atom is 0.354 e. The average molecular weight is 354 g/mol. The third-order valence-electron chi connectivity index (χ3n) is 6.46. The molecule has 2 atom stereocenters. The summed E-state index contributed by atoms with van der Waals surface area (Å²) in [6, 6.07) is -0.525. The summed E-state index contributed by atoms with van der Waals surface area (Å²) in [5, 5.41) is 0.559. The van der Waals surface area contributed by atoms with E-state index in [4.69, 9.17) is 10.2 Å². The van der Waals surface area contributed by atoms with Crippen molar-refractivity contribution in [3.63, 3.8) is 0 Å². The number of carbonyl (C=O) groups excluding carboxylic acids is 1. The fourth-order valence-electron chi connectivity index (χ4n) is 5.36. The number of piperidine rings is 1. The molecule has 4 heteroatoms. The minimum Gasteiger partial charge on any atom is -0.461 e. The molecule has 0 unspecified atom stereocenters. The molecule has 0 radical (unpaired) electrons. The Labute approximate surface area is 160 Å². The molecule has 0 saturated carbocycles. The molecule has 0 amide bonds. The van der Waals surface area contributed by atoms with Crippen molar-refractivity contribution in [3.8, 4) is 0 Å². The van der Waals surface area contributed by atoms with E-state index in [0.29, 0.717) is 23.0 Å². The lowest BCUT2D eigenvalue weighted by atomic mass is 9.66.